The summed E-state index contributed by atoms with van der Waals surface area (Å²) >= 11 is 6.90. The average molecular weight is 369 g/mol. The largest absolute Gasteiger partial charge is 0.321 e. The maximum atomic E-state index is 13.0. The Kier molecular flexibility index (Phi) is 4.59. The molecule has 9 heteroatoms. The van der Waals surface area contributed by atoms with E-state index >= 15 is 0 Å². The molecule has 0 saturated carbocycles. The molecule has 0 fully saturated rings. The molecule has 1 N–H and O–H groups in total. The van der Waals surface area contributed by atoms with E-state index in [0.717, 1.165) is 11.3 Å². The van der Waals surface area contributed by atoms with Crippen molar-refractivity contribution >= 4 is 34.5 Å². The van der Waals surface area contributed by atoms with E-state index in [1.807, 2.05) is 0 Å². The summed E-state index contributed by atoms with van der Waals surface area (Å²) in [4.78, 5) is 16.3. The number of halogens is 3. The molecule has 2 heterocycles. The number of hydrogen-bond donors (Lipinski definition) is 1. The predicted molar refractivity (Wildman–Crippen MR) is 88.7 cm³/mol. The van der Waals surface area contributed by atoms with Crippen molar-refractivity contribution in [3.05, 3.63) is 52.3 Å². The van der Waals surface area contributed by atoms with E-state index in [1.54, 1.807) is 31.3 Å². The van der Waals surface area contributed by atoms with E-state index < -0.39 is 12.3 Å². The van der Waals surface area contributed by atoms with E-state index in [4.69, 9.17) is 11.6 Å². The Hall–Kier alpha value is -2.32. The van der Waals surface area contributed by atoms with Crippen LogP contribution in [0, 0.1) is 0 Å². The van der Waals surface area contributed by atoms with Crippen molar-refractivity contribution < 1.29 is 13.6 Å². The van der Waals surface area contributed by atoms with Gasteiger partial charge >= 0.3 is 0 Å². The first-order valence-electron chi connectivity index (χ1n) is 6.78. The number of amides is 1. The zero-order chi connectivity index (χ0) is 17.3. The summed E-state index contributed by atoms with van der Waals surface area (Å²) in [6, 6.07) is 6.61. The number of thiazole rings is 1. The number of nitrogens with one attached hydrogen (secondary N) is 1. The minimum atomic E-state index is -2.71. The second-order valence-electron chi connectivity index (χ2n) is 4.90. The molecule has 0 radical (unpaired) electrons. The van der Waals surface area contributed by atoms with Crippen molar-refractivity contribution in [2.45, 2.75) is 6.43 Å². The molecule has 0 atom stereocenters. The zero-order valence-corrected chi connectivity index (χ0v) is 13.9. The second-order valence-corrected chi connectivity index (χ2v) is 6.20. The number of nitrogens with zero attached hydrogens (tertiary/aromatic N) is 3. The van der Waals surface area contributed by atoms with Crippen LogP contribution in [-0.4, -0.2) is 20.7 Å². The van der Waals surface area contributed by atoms with Crippen LogP contribution < -0.4 is 5.32 Å². The van der Waals surface area contributed by atoms with Crippen molar-refractivity contribution in [1.82, 2.24) is 14.8 Å². The minimum absolute atomic E-state index is 0.147. The molecule has 2 aromatic heterocycles. The van der Waals surface area contributed by atoms with Gasteiger partial charge in [0.05, 0.1) is 5.56 Å². The first-order valence-corrected chi connectivity index (χ1v) is 8.04. The molecular weight excluding hydrogens is 358 g/mol. The normalized spacial score (nSPS) is 11.0. The van der Waals surface area contributed by atoms with E-state index in [9.17, 15) is 13.6 Å². The Morgan fingerprint density at radius 2 is 2.04 bits per heavy atom. The van der Waals surface area contributed by atoms with Crippen LogP contribution in [0.5, 0.6) is 0 Å². The van der Waals surface area contributed by atoms with Gasteiger partial charge in [-0.05, 0) is 24.3 Å². The number of aryl methyl sites for hydroxylation is 1. The Morgan fingerprint density at radius 3 is 2.71 bits per heavy atom. The summed E-state index contributed by atoms with van der Waals surface area (Å²) in [6.45, 7) is 0. The third-order valence-corrected chi connectivity index (χ3v) is 4.26. The quantitative estimate of drug-likeness (QED) is 0.743. The topological polar surface area (TPSA) is 59.8 Å². The van der Waals surface area contributed by atoms with Gasteiger partial charge in [-0.3, -0.25) is 9.48 Å². The highest BCUT2D eigenvalue weighted by Crippen LogP contribution is 2.32. The summed E-state index contributed by atoms with van der Waals surface area (Å²) in [5.41, 5.74) is 0.585. The van der Waals surface area contributed by atoms with Gasteiger partial charge in [0.1, 0.15) is 16.4 Å². The van der Waals surface area contributed by atoms with Crippen LogP contribution in [0.4, 0.5) is 14.5 Å². The molecule has 124 valence electrons. The number of anilines is 1. The minimum Gasteiger partial charge on any atom is -0.321 e. The number of carbonyl (C=O) groups is 1. The highest BCUT2D eigenvalue weighted by molar-refractivity contribution is 7.13. The van der Waals surface area contributed by atoms with E-state index in [0.29, 0.717) is 15.7 Å². The van der Waals surface area contributed by atoms with E-state index in [1.165, 1.54) is 16.3 Å². The van der Waals surface area contributed by atoms with Gasteiger partial charge in [-0.15, -0.1) is 11.3 Å². The fraction of sp³-hybridized carbons (Fsp3) is 0.133. The summed E-state index contributed by atoms with van der Waals surface area (Å²) in [5, 5.41) is 8.80. The van der Waals surface area contributed by atoms with Crippen LogP contribution in [0.1, 0.15) is 22.6 Å². The highest BCUT2D eigenvalue weighted by Gasteiger charge is 2.22. The predicted octanol–water partition coefficient (Wildman–Crippen LogP) is 4.39. The number of hydrogen-bond acceptors (Lipinski definition) is 4. The van der Waals surface area contributed by atoms with Gasteiger partial charge < -0.3 is 5.32 Å². The second kappa shape index (κ2) is 6.66. The van der Waals surface area contributed by atoms with Crippen LogP contribution in [-0.2, 0) is 7.05 Å². The molecule has 5 nitrogen and oxygen atoms in total. The molecule has 3 rings (SSSR count). The molecule has 0 saturated heterocycles. The van der Waals surface area contributed by atoms with E-state index in [-0.39, 0.29) is 17.0 Å². The summed E-state index contributed by atoms with van der Waals surface area (Å²) in [7, 11) is 1.55. The van der Waals surface area contributed by atoms with Gasteiger partial charge in [0.25, 0.3) is 12.3 Å². The molecule has 1 aromatic carbocycles. The number of alkyl halides is 2. The number of rotatable bonds is 4. The smallest absolute Gasteiger partial charge is 0.282 e. The Labute approximate surface area is 144 Å². The van der Waals surface area contributed by atoms with Crippen molar-refractivity contribution in [1.29, 1.82) is 0 Å². The van der Waals surface area contributed by atoms with Crippen LogP contribution in [0.2, 0.25) is 5.02 Å². The van der Waals surface area contributed by atoms with Crippen molar-refractivity contribution in [3.8, 4) is 10.6 Å². The summed E-state index contributed by atoms with van der Waals surface area (Å²) < 4.78 is 27.3. The SMILES string of the molecule is Cn1cc(-c2nc(C(=O)Nc3ccc(Cl)cc3)cs2)c(C(F)F)n1. The molecule has 0 spiro atoms. The van der Waals surface area contributed by atoms with Crippen LogP contribution in [0.15, 0.2) is 35.8 Å². The Balaban J connectivity index is 1.83. The maximum Gasteiger partial charge on any atom is 0.282 e. The average Bonchev–Trinajstić information content (AvgIpc) is 3.16. The molecule has 0 aliphatic heterocycles. The molecule has 0 aliphatic carbocycles. The monoisotopic (exact) mass is 368 g/mol. The lowest BCUT2D eigenvalue weighted by atomic mass is 10.2. The van der Waals surface area contributed by atoms with Gasteiger partial charge in [-0.1, -0.05) is 11.6 Å². The van der Waals surface area contributed by atoms with Crippen LogP contribution in [0.3, 0.4) is 0 Å². The summed E-state index contributed by atoms with van der Waals surface area (Å²) in [5.74, 6) is -0.428. The van der Waals surface area contributed by atoms with Crippen LogP contribution in [0.25, 0.3) is 10.6 Å². The lowest BCUT2D eigenvalue weighted by Gasteiger charge is -2.02. The highest BCUT2D eigenvalue weighted by atomic mass is 35.5. The van der Waals surface area contributed by atoms with Crippen molar-refractivity contribution in [2.75, 3.05) is 5.32 Å². The molecule has 0 bridgehead atoms. The van der Waals surface area contributed by atoms with Gasteiger partial charge in [0.15, 0.2) is 0 Å². The maximum absolute atomic E-state index is 13.0. The third kappa shape index (κ3) is 3.44. The lowest BCUT2D eigenvalue weighted by Crippen LogP contribution is -2.12. The van der Waals surface area contributed by atoms with Gasteiger partial charge in [0, 0.05) is 29.3 Å². The zero-order valence-electron chi connectivity index (χ0n) is 12.3. The number of benzene rings is 1. The first kappa shape index (κ1) is 16.5. The Morgan fingerprint density at radius 1 is 1.33 bits per heavy atom. The third-order valence-electron chi connectivity index (χ3n) is 3.13. The van der Waals surface area contributed by atoms with Gasteiger partial charge in [-0.25, -0.2) is 13.8 Å². The standard InChI is InChI=1S/C15H11ClF2N4OS/c1-22-6-10(12(21-22)13(17)18)15-20-11(7-24-15)14(23)19-9-4-2-8(16)3-5-9/h2-7,13H,1H3,(H,19,23). The van der Waals surface area contributed by atoms with Crippen LogP contribution >= 0.6 is 22.9 Å². The summed E-state index contributed by atoms with van der Waals surface area (Å²) in [6.07, 6.45) is -1.25. The fourth-order valence-electron chi connectivity index (χ4n) is 2.06. The van der Waals surface area contributed by atoms with E-state index in [2.05, 4.69) is 15.4 Å². The Bertz CT molecular complexity index is 876. The van der Waals surface area contributed by atoms with Crippen molar-refractivity contribution in [3.63, 3.8) is 0 Å². The molecule has 24 heavy (non-hydrogen) atoms. The van der Waals surface area contributed by atoms with Crippen molar-refractivity contribution in [2.24, 2.45) is 7.05 Å². The lowest BCUT2D eigenvalue weighted by molar-refractivity contribution is 0.102. The number of carbonyl (C=O) groups excluding carboxylic acids is 1. The molecule has 0 unspecified atom stereocenters. The molecule has 1 amide bonds. The first-order chi connectivity index (χ1) is 11.4. The molecule has 3 aromatic rings. The van der Waals surface area contributed by atoms with Gasteiger partial charge in [-0.2, -0.15) is 5.10 Å². The van der Waals surface area contributed by atoms with Gasteiger partial charge in [0.2, 0.25) is 0 Å². The fourth-order valence-corrected chi connectivity index (χ4v) is 3.01. The molecular formula is C15H11ClF2N4OS. The molecule has 0 aliphatic rings. The number of aromatic nitrogens is 3.